The van der Waals surface area contributed by atoms with E-state index in [1.54, 1.807) is 26.7 Å². The Bertz CT molecular complexity index is 508. The summed E-state index contributed by atoms with van der Waals surface area (Å²) in [6.07, 6.45) is 4.29. The number of benzene rings is 1. The second-order valence-electron chi connectivity index (χ2n) is 4.28. The lowest BCUT2D eigenvalue weighted by molar-refractivity contribution is 0.385. The monoisotopic (exact) mass is 261 g/mol. The summed E-state index contributed by atoms with van der Waals surface area (Å²) in [6.45, 7) is 0. The van der Waals surface area contributed by atoms with Crippen LogP contribution in [0.15, 0.2) is 41.2 Å². The second-order valence-corrected chi connectivity index (χ2v) is 4.28. The second kappa shape index (κ2) is 6.29. The number of furan rings is 1. The minimum absolute atomic E-state index is 0.165. The normalized spacial score (nSPS) is 12.2. The van der Waals surface area contributed by atoms with E-state index in [4.69, 9.17) is 13.9 Å². The summed E-state index contributed by atoms with van der Waals surface area (Å²) < 4.78 is 15.8. The van der Waals surface area contributed by atoms with Crippen LogP contribution in [0.3, 0.4) is 0 Å². The number of rotatable bonds is 6. The summed E-state index contributed by atoms with van der Waals surface area (Å²) in [5.74, 6) is 1.61. The van der Waals surface area contributed by atoms with Gasteiger partial charge in [-0.1, -0.05) is 6.07 Å². The smallest absolute Gasteiger partial charge is 0.127 e. The quantitative estimate of drug-likeness (QED) is 0.868. The fourth-order valence-electron chi connectivity index (χ4n) is 2.12. The molecular weight excluding hydrogens is 242 g/mol. The highest BCUT2D eigenvalue weighted by atomic mass is 16.5. The lowest BCUT2D eigenvalue weighted by Crippen LogP contribution is -2.19. The van der Waals surface area contributed by atoms with E-state index in [9.17, 15) is 0 Å². The van der Waals surface area contributed by atoms with E-state index in [2.05, 4.69) is 5.32 Å². The number of methoxy groups -OCH3 is 2. The molecule has 1 unspecified atom stereocenters. The molecule has 4 nitrogen and oxygen atoms in total. The van der Waals surface area contributed by atoms with Gasteiger partial charge in [0, 0.05) is 17.7 Å². The van der Waals surface area contributed by atoms with E-state index in [-0.39, 0.29) is 6.04 Å². The Morgan fingerprint density at radius 3 is 2.63 bits per heavy atom. The van der Waals surface area contributed by atoms with Crippen LogP contribution in [0.5, 0.6) is 11.5 Å². The SMILES string of the molecule is CNC(Cc1ccoc1)c1ccc(OC)cc1OC. The topological polar surface area (TPSA) is 43.6 Å². The zero-order valence-electron chi connectivity index (χ0n) is 11.5. The molecule has 0 amide bonds. The number of ether oxygens (including phenoxy) is 2. The maximum absolute atomic E-state index is 5.45. The average Bonchev–Trinajstić information content (AvgIpc) is 2.97. The molecule has 0 radical (unpaired) electrons. The largest absolute Gasteiger partial charge is 0.497 e. The van der Waals surface area contributed by atoms with Gasteiger partial charge in [0.05, 0.1) is 26.7 Å². The van der Waals surface area contributed by atoms with E-state index in [1.165, 1.54) is 0 Å². The molecule has 0 bridgehead atoms. The van der Waals surface area contributed by atoms with Gasteiger partial charge in [0.15, 0.2) is 0 Å². The molecule has 0 aliphatic heterocycles. The van der Waals surface area contributed by atoms with Crippen molar-refractivity contribution in [3.8, 4) is 11.5 Å². The van der Waals surface area contributed by atoms with E-state index in [0.29, 0.717) is 0 Å². The molecule has 102 valence electrons. The zero-order chi connectivity index (χ0) is 13.7. The Balaban J connectivity index is 2.26. The standard InChI is InChI=1S/C15H19NO3/c1-16-14(8-11-6-7-19-10-11)13-5-4-12(17-2)9-15(13)18-3/h4-7,9-10,14,16H,8H2,1-3H3. The van der Waals surface area contributed by atoms with Crippen molar-refractivity contribution < 1.29 is 13.9 Å². The van der Waals surface area contributed by atoms with E-state index < -0.39 is 0 Å². The van der Waals surface area contributed by atoms with Gasteiger partial charge in [-0.3, -0.25) is 0 Å². The number of nitrogens with one attached hydrogen (secondary N) is 1. The van der Waals surface area contributed by atoms with Gasteiger partial charge in [-0.2, -0.15) is 0 Å². The maximum atomic E-state index is 5.45. The van der Waals surface area contributed by atoms with Crippen LogP contribution in [0.1, 0.15) is 17.2 Å². The van der Waals surface area contributed by atoms with Crippen LogP contribution < -0.4 is 14.8 Å². The summed E-state index contributed by atoms with van der Waals surface area (Å²) in [7, 11) is 5.26. The fraction of sp³-hybridized carbons (Fsp3) is 0.333. The number of hydrogen-bond acceptors (Lipinski definition) is 4. The van der Waals surface area contributed by atoms with Gasteiger partial charge in [-0.25, -0.2) is 0 Å². The van der Waals surface area contributed by atoms with Crippen LogP contribution in [0.25, 0.3) is 0 Å². The maximum Gasteiger partial charge on any atom is 0.127 e. The third kappa shape index (κ3) is 3.09. The molecule has 0 saturated heterocycles. The highest BCUT2D eigenvalue weighted by Gasteiger charge is 2.16. The Hall–Kier alpha value is -1.94. The van der Waals surface area contributed by atoms with E-state index in [1.807, 2.05) is 31.3 Å². The minimum Gasteiger partial charge on any atom is -0.497 e. The average molecular weight is 261 g/mol. The summed E-state index contributed by atoms with van der Waals surface area (Å²) >= 11 is 0. The van der Waals surface area contributed by atoms with Crippen molar-refractivity contribution in [2.24, 2.45) is 0 Å². The molecule has 19 heavy (non-hydrogen) atoms. The molecule has 0 saturated carbocycles. The molecule has 0 fully saturated rings. The Morgan fingerprint density at radius 2 is 2.05 bits per heavy atom. The van der Waals surface area contributed by atoms with Gasteiger partial charge in [0.1, 0.15) is 11.5 Å². The van der Waals surface area contributed by atoms with E-state index in [0.717, 1.165) is 29.0 Å². The van der Waals surface area contributed by atoms with Crippen molar-refractivity contribution in [3.05, 3.63) is 47.9 Å². The summed E-state index contributed by atoms with van der Waals surface area (Å²) in [5, 5.41) is 3.31. The Labute approximate surface area is 113 Å². The van der Waals surface area contributed by atoms with E-state index >= 15 is 0 Å². The lowest BCUT2D eigenvalue weighted by atomic mass is 9.99. The molecule has 1 heterocycles. The van der Waals surface area contributed by atoms with Crippen LogP contribution in [-0.2, 0) is 6.42 Å². The van der Waals surface area contributed by atoms with Crippen LogP contribution in [0.2, 0.25) is 0 Å². The summed E-state index contributed by atoms with van der Waals surface area (Å²) in [5.41, 5.74) is 2.25. The van der Waals surface area contributed by atoms with Crippen LogP contribution in [-0.4, -0.2) is 21.3 Å². The molecule has 1 N–H and O–H groups in total. The highest BCUT2D eigenvalue weighted by molar-refractivity contribution is 5.43. The van der Waals surface area contributed by atoms with Crippen molar-refractivity contribution in [1.82, 2.24) is 5.32 Å². The minimum atomic E-state index is 0.165. The predicted molar refractivity (Wildman–Crippen MR) is 73.8 cm³/mol. The number of hydrogen-bond donors (Lipinski definition) is 1. The van der Waals surface area contributed by atoms with Crippen LogP contribution in [0, 0.1) is 0 Å². The van der Waals surface area contributed by atoms with Gasteiger partial charge >= 0.3 is 0 Å². The first-order valence-corrected chi connectivity index (χ1v) is 6.18. The van der Waals surface area contributed by atoms with Crippen molar-refractivity contribution in [2.45, 2.75) is 12.5 Å². The summed E-state index contributed by atoms with van der Waals surface area (Å²) in [6, 6.07) is 8.00. The first-order chi connectivity index (χ1) is 9.28. The van der Waals surface area contributed by atoms with Crippen molar-refractivity contribution in [1.29, 1.82) is 0 Å². The van der Waals surface area contributed by atoms with Gasteiger partial charge in [0.25, 0.3) is 0 Å². The highest BCUT2D eigenvalue weighted by Crippen LogP contribution is 2.31. The number of likely N-dealkylation sites (N-methyl/N-ethyl adjacent to an activating group) is 1. The third-order valence-electron chi connectivity index (χ3n) is 3.18. The molecule has 0 aliphatic rings. The zero-order valence-corrected chi connectivity index (χ0v) is 11.5. The predicted octanol–water partition coefficient (Wildman–Crippen LogP) is 2.80. The Morgan fingerprint density at radius 1 is 1.21 bits per heavy atom. The summed E-state index contributed by atoms with van der Waals surface area (Å²) in [4.78, 5) is 0. The van der Waals surface area contributed by atoms with Crippen LogP contribution >= 0.6 is 0 Å². The van der Waals surface area contributed by atoms with Gasteiger partial charge < -0.3 is 19.2 Å². The van der Waals surface area contributed by atoms with Crippen molar-refractivity contribution in [3.63, 3.8) is 0 Å². The van der Waals surface area contributed by atoms with Gasteiger partial charge in [-0.15, -0.1) is 0 Å². The van der Waals surface area contributed by atoms with Gasteiger partial charge in [0.2, 0.25) is 0 Å². The molecule has 0 aliphatic carbocycles. The molecule has 2 rings (SSSR count). The lowest BCUT2D eigenvalue weighted by Gasteiger charge is -2.19. The van der Waals surface area contributed by atoms with Crippen molar-refractivity contribution >= 4 is 0 Å². The molecule has 1 aromatic heterocycles. The molecular formula is C15H19NO3. The third-order valence-corrected chi connectivity index (χ3v) is 3.18. The molecule has 1 aromatic carbocycles. The van der Waals surface area contributed by atoms with Gasteiger partial charge in [-0.05, 0) is 31.2 Å². The molecule has 0 spiro atoms. The molecule has 1 atom stereocenters. The first kappa shape index (κ1) is 13.5. The Kier molecular flexibility index (Phi) is 4.47. The fourth-order valence-corrected chi connectivity index (χ4v) is 2.12. The van der Waals surface area contributed by atoms with Crippen LogP contribution in [0.4, 0.5) is 0 Å². The molecule has 2 aromatic rings. The molecule has 4 heteroatoms. The first-order valence-electron chi connectivity index (χ1n) is 6.18. The van der Waals surface area contributed by atoms with Crippen molar-refractivity contribution in [2.75, 3.05) is 21.3 Å².